The fourth-order valence-electron chi connectivity index (χ4n) is 2.77. The number of amides is 1. The number of nitrogens with one attached hydrogen (secondary N) is 1. The summed E-state index contributed by atoms with van der Waals surface area (Å²) in [5.41, 5.74) is 0.542. The van der Waals surface area contributed by atoms with E-state index in [9.17, 15) is 22.8 Å². The Morgan fingerprint density at radius 1 is 1.07 bits per heavy atom. The molecule has 1 atom stereocenters. The molecule has 1 unspecified atom stereocenters. The summed E-state index contributed by atoms with van der Waals surface area (Å²) in [6.45, 7) is 3.07. The van der Waals surface area contributed by atoms with Crippen molar-refractivity contribution >= 4 is 28.5 Å². The first-order valence-corrected chi connectivity index (χ1v) is 8.70. The maximum atomic E-state index is 12.8. The van der Waals surface area contributed by atoms with E-state index in [2.05, 4.69) is 10.3 Å². The number of ether oxygens (including phenoxy) is 1. The fraction of sp³-hybridized carbons (Fsp3) is 0.190. The number of esters is 1. The normalized spacial score (nSPS) is 12.4. The molecule has 0 saturated carbocycles. The van der Waals surface area contributed by atoms with Gasteiger partial charge in [-0.25, -0.2) is 4.79 Å². The molecule has 0 aliphatic heterocycles. The predicted molar refractivity (Wildman–Crippen MR) is 101 cm³/mol. The Balaban J connectivity index is 1.74. The minimum Gasteiger partial charge on any atom is -0.449 e. The van der Waals surface area contributed by atoms with Gasteiger partial charge in [-0.1, -0.05) is 24.3 Å². The maximum absolute atomic E-state index is 12.8. The van der Waals surface area contributed by atoms with Crippen molar-refractivity contribution in [3.63, 3.8) is 0 Å². The van der Waals surface area contributed by atoms with E-state index in [1.165, 1.54) is 19.1 Å². The summed E-state index contributed by atoms with van der Waals surface area (Å²) >= 11 is 0. The monoisotopic (exact) mass is 402 g/mol. The van der Waals surface area contributed by atoms with E-state index in [4.69, 9.17) is 4.74 Å². The van der Waals surface area contributed by atoms with Crippen molar-refractivity contribution in [3.8, 4) is 0 Å². The summed E-state index contributed by atoms with van der Waals surface area (Å²) in [5, 5.41) is 2.91. The molecule has 1 aromatic heterocycles. The van der Waals surface area contributed by atoms with Gasteiger partial charge in [0.2, 0.25) is 0 Å². The molecule has 1 N–H and O–H groups in total. The molecule has 0 fully saturated rings. The Morgan fingerprint density at radius 3 is 2.52 bits per heavy atom. The first kappa shape index (κ1) is 20.3. The summed E-state index contributed by atoms with van der Waals surface area (Å²) in [7, 11) is 0. The van der Waals surface area contributed by atoms with Gasteiger partial charge in [0.05, 0.1) is 16.6 Å². The van der Waals surface area contributed by atoms with Crippen molar-refractivity contribution < 1.29 is 27.5 Å². The Morgan fingerprint density at radius 2 is 1.79 bits per heavy atom. The second kappa shape index (κ2) is 7.90. The average molecular weight is 402 g/mol. The molecule has 0 aliphatic carbocycles. The largest absolute Gasteiger partial charge is 0.449 e. The number of anilines is 1. The van der Waals surface area contributed by atoms with Crippen molar-refractivity contribution in [1.29, 1.82) is 0 Å². The van der Waals surface area contributed by atoms with Crippen molar-refractivity contribution in [1.82, 2.24) is 4.98 Å². The number of pyridine rings is 1. The van der Waals surface area contributed by atoms with Gasteiger partial charge >= 0.3 is 12.1 Å². The van der Waals surface area contributed by atoms with E-state index in [0.717, 1.165) is 12.1 Å². The summed E-state index contributed by atoms with van der Waals surface area (Å²) < 4.78 is 43.6. The van der Waals surface area contributed by atoms with Crippen LogP contribution in [0.3, 0.4) is 0 Å². The quantitative estimate of drug-likeness (QED) is 0.640. The van der Waals surface area contributed by atoms with Gasteiger partial charge in [0.25, 0.3) is 5.91 Å². The fourth-order valence-corrected chi connectivity index (χ4v) is 2.77. The lowest BCUT2D eigenvalue weighted by atomic mass is 10.1. The highest BCUT2D eigenvalue weighted by atomic mass is 19.4. The van der Waals surface area contributed by atoms with Crippen LogP contribution in [0.1, 0.15) is 28.5 Å². The van der Waals surface area contributed by atoms with E-state index < -0.39 is 29.7 Å². The summed E-state index contributed by atoms with van der Waals surface area (Å²) in [6, 6.07) is 12.8. The van der Waals surface area contributed by atoms with Gasteiger partial charge in [-0.05, 0) is 44.2 Å². The zero-order valence-corrected chi connectivity index (χ0v) is 15.6. The van der Waals surface area contributed by atoms with Gasteiger partial charge in [0, 0.05) is 16.8 Å². The number of aromatic nitrogens is 1. The van der Waals surface area contributed by atoms with Crippen LogP contribution in [0.5, 0.6) is 0 Å². The van der Waals surface area contributed by atoms with Gasteiger partial charge in [0.15, 0.2) is 6.10 Å². The molecular weight excluding hydrogens is 385 g/mol. The van der Waals surface area contributed by atoms with E-state index in [1.807, 2.05) is 0 Å². The number of para-hydroxylation sites is 1. The van der Waals surface area contributed by atoms with Crippen LogP contribution >= 0.6 is 0 Å². The predicted octanol–water partition coefficient (Wildman–Crippen LogP) is 4.75. The topological polar surface area (TPSA) is 68.3 Å². The average Bonchev–Trinajstić information content (AvgIpc) is 2.66. The number of rotatable bonds is 4. The van der Waals surface area contributed by atoms with Crippen LogP contribution in [0.25, 0.3) is 10.9 Å². The minimum atomic E-state index is -4.53. The number of hydrogen-bond acceptors (Lipinski definition) is 4. The molecule has 0 saturated heterocycles. The van der Waals surface area contributed by atoms with Crippen LogP contribution in [0.4, 0.5) is 18.9 Å². The lowest BCUT2D eigenvalue weighted by Crippen LogP contribution is -2.30. The lowest BCUT2D eigenvalue weighted by molar-refractivity contribution is -0.137. The molecule has 0 aliphatic rings. The van der Waals surface area contributed by atoms with Gasteiger partial charge in [0.1, 0.15) is 0 Å². The molecule has 0 bridgehead atoms. The Labute approximate surface area is 164 Å². The van der Waals surface area contributed by atoms with Crippen molar-refractivity contribution in [2.45, 2.75) is 26.1 Å². The highest BCUT2D eigenvalue weighted by molar-refractivity contribution is 6.05. The Kier molecular flexibility index (Phi) is 5.54. The number of alkyl halides is 3. The van der Waals surface area contributed by atoms with Gasteiger partial charge < -0.3 is 10.1 Å². The number of carbonyl (C=O) groups excluding carboxylic acids is 2. The number of benzene rings is 2. The molecule has 29 heavy (non-hydrogen) atoms. The first-order valence-electron chi connectivity index (χ1n) is 8.70. The zero-order valence-electron chi connectivity index (χ0n) is 15.6. The third-order valence-corrected chi connectivity index (χ3v) is 4.17. The molecule has 150 valence electrons. The van der Waals surface area contributed by atoms with Gasteiger partial charge in [-0.2, -0.15) is 13.2 Å². The van der Waals surface area contributed by atoms with Crippen LogP contribution in [-0.2, 0) is 15.7 Å². The number of fused-ring (bicyclic) bond motifs is 1. The highest BCUT2D eigenvalue weighted by Crippen LogP contribution is 2.30. The van der Waals surface area contributed by atoms with E-state index in [0.29, 0.717) is 16.6 Å². The van der Waals surface area contributed by atoms with Gasteiger partial charge in [-0.3, -0.25) is 9.78 Å². The Hall–Kier alpha value is -3.42. The highest BCUT2D eigenvalue weighted by Gasteiger charge is 2.30. The van der Waals surface area contributed by atoms with Crippen LogP contribution in [0, 0.1) is 6.92 Å². The molecule has 1 heterocycles. The smallest absolute Gasteiger partial charge is 0.416 e. The molecule has 8 heteroatoms. The molecule has 0 spiro atoms. The zero-order chi connectivity index (χ0) is 21.2. The third-order valence-electron chi connectivity index (χ3n) is 4.17. The summed E-state index contributed by atoms with van der Waals surface area (Å²) in [4.78, 5) is 29.2. The van der Waals surface area contributed by atoms with Crippen LogP contribution in [-0.4, -0.2) is 23.0 Å². The maximum Gasteiger partial charge on any atom is 0.416 e. The van der Waals surface area contributed by atoms with Gasteiger partial charge in [-0.15, -0.1) is 0 Å². The van der Waals surface area contributed by atoms with Crippen molar-refractivity contribution in [2.24, 2.45) is 0 Å². The molecular formula is C21H17F3N2O3. The second-order valence-electron chi connectivity index (χ2n) is 6.44. The third kappa shape index (κ3) is 4.71. The lowest BCUT2D eigenvalue weighted by Gasteiger charge is -2.15. The van der Waals surface area contributed by atoms with E-state index in [1.54, 1.807) is 37.3 Å². The molecule has 5 nitrogen and oxygen atoms in total. The number of halogens is 3. The molecule has 0 radical (unpaired) electrons. The van der Waals surface area contributed by atoms with Crippen LogP contribution in [0.2, 0.25) is 0 Å². The van der Waals surface area contributed by atoms with Crippen LogP contribution < -0.4 is 5.32 Å². The minimum absolute atomic E-state index is 0.0436. The number of carbonyl (C=O) groups is 2. The summed E-state index contributed by atoms with van der Waals surface area (Å²) in [5.74, 6) is -1.47. The summed E-state index contributed by atoms with van der Waals surface area (Å²) in [6.07, 6.45) is -5.75. The van der Waals surface area contributed by atoms with Crippen molar-refractivity contribution in [2.75, 3.05) is 5.32 Å². The number of hydrogen-bond donors (Lipinski definition) is 1. The van der Waals surface area contributed by atoms with E-state index >= 15 is 0 Å². The molecule has 2 aromatic carbocycles. The number of nitrogens with zero attached hydrogens (tertiary/aromatic N) is 1. The number of aryl methyl sites for hydroxylation is 1. The molecule has 1 amide bonds. The Bertz CT molecular complexity index is 1080. The SMILES string of the molecule is Cc1cc(C(=O)OC(C)C(=O)Nc2cccc(C(F)(F)F)c2)c2ccccc2n1. The second-order valence-corrected chi connectivity index (χ2v) is 6.44. The molecule has 3 rings (SSSR count). The standard InChI is InChI=1S/C21H17F3N2O3/c1-12-10-17(16-8-3-4-9-18(16)25-12)20(28)29-13(2)19(27)26-15-7-5-6-14(11-15)21(22,23)24/h3-11,13H,1-2H3,(H,26,27). The molecule has 3 aromatic rings. The first-order chi connectivity index (χ1) is 13.6. The van der Waals surface area contributed by atoms with Crippen molar-refractivity contribution in [3.05, 3.63) is 71.4 Å². The van der Waals surface area contributed by atoms with E-state index in [-0.39, 0.29) is 11.3 Å². The van der Waals surface area contributed by atoms with Crippen LogP contribution in [0.15, 0.2) is 54.6 Å².